The molecule has 0 atom stereocenters. The van der Waals surface area contributed by atoms with Crippen LogP contribution in [0.5, 0.6) is 0 Å². The number of aromatic nitrogens is 1. The molecule has 2 heteroatoms. The summed E-state index contributed by atoms with van der Waals surface area (Å²) >= 11 is 3.71. The highest BCUT2D eigenvalue weighted by atomic mass is 79.9. The van der Waals surface area contributed by atoms with Crippen molar-refractivity contribution in [3.05, 3.63) is 77.5 Å². The van der Waals surface area contributed by atoms with Gasteiger partial charge >= 0.3 is 0 Å². The highest BCUT2D eigenvalue weighted by Gasteiger charge is 2.09. The van der Waals surface area contributed by atoms with Crippen molar-refractivity contribution in [2.24, 2.45) is 0 Å². The first-order chi connectivity index (χ1) is 9.36. The van der Waals surface area contributed by atoms with Crippen LogP contribution in [0.15, 0.2) is 77.5 Å². The van der Waals surface area contributed by atoms with Gasteiger partial charge in [-0.25, -0.2) is 0 Å². The van der Waals surface area contributed by atoms with Crippen LogP contribution in [0.2, 0.25) is 0 Å². The van der Waals surface area contributed by atoms with Gasteiger partial charge in [0.2, 0.25) is 0 Å². The third-order valence-corrected chi connectivity index (χ3v) is 3.90. The maximum Gasteiger partial charge on any atom is 0.0363 e. The average molecular weight is 310 g/mol. The first-order valence-corrected chi connectivity index (χ1v) is 6.90. The number of rotatable bonds is 2. The van der Waals surface area contributed by atoms with Gasteiger partial charge in [0, 0.05) is 28.0 Å². The number of benzene rings is 2. The smallest absolute Gasteiger partial charge is 0.0363 e. The SMILES string of the molecule is Brc1c(-c2ccccc2)cncc1-c1ccccc1. The largest absolute Gasteiger partial charge is 0.263 e. The fourth-order valence-electron chi connectivity index (χ4n) is 2.08. The summed E-state index contributed by atoms with van der Waals surface area (Å²) in [6, 6.07) is 20.6. The van der Waals surface area contributed by atoms with Crippen molar-refractivity contribution in [3.8, 4) is 22.3 Å². The maximum absolute atomic E-state index is 4.37. The zero-order valence-corrected chi connectivity index (χ0v) is 11.8. The van der Waals surface area contributed by atoms with Gasteiger partial charge in [-0.05, 0) is 27.1 Å². The Kier molecular flexibility index (Phi) is 3.43. The molecule has 1 aromatic heterocycles. The highest BCUT2D eigenvalue weighted by molar-refractivity contribution is 9.10. The molecular weight excluding hydrogens is 298 g/mol. The van der Waals surface area contributed by atoms with E-state index in [-0.39, 0.29) is 0 Å². The van der Waals surface area contributed by atoms with Crippen LogP contribution in [0, 0.1) is 0 Å². The third-order valence-electron chi connectivity index (χ3n) is 3.05. The Morgan fingerprint density at radius 1 is 0.632 bits per heavy atom. The molecule has 0 N–H and O–H groups in total. The normalized spacial score (nSPS) is 10.4. The van der Waals surface area contributed by atoms with Crippen molar-refractivity contribution < 1.29 is 0 Å². The minimum Gasteiger partial charge on any atom is -0.263 e. The summed E-state index contributed by atoms with van der Waals surface area (Å²) in [6.45, 7) is 0. The quantitative estimate of drug-likeness (QED) is 0.635. The Labute approximate surface area is 121 Å². The molecule has 0 amide bonds. The van der Waals surface area contributed by atoms with Gasteiger partial charge in [-0.2, -0.15) is 0 Å². The second-order valence-corrected chi connectivity index (χ2v) is 5.07. The van der Waals surface area contributed by atoms with Crippen LogP contribution in [0.4, 0.5) is 0 Å². The summed E-state index contributed by atoms with van der Waals surface area (Å²) in [4.78, 5) is 4.37. The number of nitrogens with zero attached hydrogens (tertiary/aromatic N) is 1. The number of hydrogen-bond donors (Lipinski definition) is 0. The molecular formula is C17H12BrN. The van der Waals surface area contributed by atoms with E-state index < -0.39 is 0 Å². The van der Waals surface area contributed by atoms with Crippen LogP contribution in [0.25, 0.3) is 22.3 Å². The van der Waals surface area contributed by atoms with E-state index in [4.69, 9.17) is 0 Å². The van der Waals surface area contributed by atoms with Gasteiger partial charge in [-0.3, -0.25) is 4.98 Å². The van der Waals surface area contributed by atoms with Crippen LogP contribution < -0.4 is 0 Å². The lowest BCUT2D eigenvalue weighted by Crippen LogP contribution is -1.87. The van der Waals surface area contributed by atoms with Crippen LogP contribution in [-0.2, 0) is 0 Å². The molecule has 0 bridgehead atoms. The van der Waals surface area contributed by atoms with Gasteiger partial charge in [0.1, 0.15) is 0 Å². The Bertz CT molecular complexity index is 620. The molecule has 1 heterocycles. The lowest BCUT2D eigenvalue weighted by molar-refractivity contribution is 1.31. The van der Waals surface area contributed by atoms with Gasteiger partial charge in [-0.1, -0.05) is 60.7 Å². The molecule has 0 aliphatic rings. The van der Waals surface area contributed by atoms with E-state index in [1.807, 2.05) is 48.8 Å². The topological polar surface area (TPSA) is 12.9 Å². The Morgan fingerprint density at radius 3 is 1.47 bits per heavy atom. The Hall–Kier alpha value is -1.93. The first-order valence-electron chi connectivity index (χ1n) is 6.10. The molecule has 3 rings (SSSR count). The highest BCUT2D eigenvalue weighted by Crippen LogP contribution is 2.35. The summed E-state index contributed by atoms with van der Waals surface area (Å²) < 4.78 is 1.08. The minimum absolute atomic E-state index is 1.08. The standard InChI is InChI=1S/C17H12BrN/c18-17-15(13-7-3-1-4-8-13)11-19-12-16(17)14-9-5-2-6-10-14/h1-12H. The van der Waals surface area contributed by atoms with Crippen LogP contribution in [0.3, 0.4) is 0 Å². The van der Waals surface area contributed by atoms with Crippen molar-refractivity contribution in [2.45, 2.75) is 0 Å². The van der Waals surface area contributed by atoms with Crippen LogP contribution in [0.1, 0.15) is 0 Å². The van der Waals surface area contributed by atoms with E-state index in [2.05, 4.69) is 45.2 Å². The molecule has 2 aromatic carbocycles. The van der Waals surface area contributed by atoms with E-state index in [0.717, 1.165) is 15.6 Å². The van der Waals surface area contributed by atoms with E-state index in [0.29, 0.717) is 0 Å². The molecule has 0 aliphatic heterocycles. The zero-order chi connectivity index (χ0) is 13.1. The van der Waals surface area contributed by atoms with E-state index >= 15 is 0 Å². The van der Waals surface area contributed by atoms with Gasteiger partial charge in [0.05, 0.1) is 0 Å². The Balaban J connectivity index is 2.15. The van der Waals surface area contributed by atoms with Crippen molar-refractivity contribution in [1.29, 1.82) is 0 Å². The molecule has 0 unspecified atom stereocenters. The molecule has 0 radical (unpaired) electrons. The minimum atomic E-state index is 1.08. The monoisotopic (exact) mass is 309 g/mol. The van der Waals surface area contributed by atoms with Crippen LogP contribution >= 0.6 is 15.9 Å². The molecule has 0 spiro atoms. The summed E-state index contributed by atoms with van der Waals surface area (Å²) in [5.41, 5.74) is 4.56. The molecule has 3 aromatic rings. The summed E-state index contributed by atoms with van der Waals surface area (Å²) in [7, 11) is 0. The lowest BCUT2D eigenvalue weighted by Gasteiger charge is -2.09. The fourth-order valence-corrected chi connectivity index (χ4v) is 2.75. The van der Waals surface area contributed by atoms with Gasteiger partial charge in [0.15, 0.2) is 0 Å². The molecule has 0 fully saturated rings. The molecule has 0 saturated carbocycles. The third kappa shape index (κ3) is 2.45. The Morgan fingerprint density at radius 2 is 1.05 bits per heavy atom. The van der Waals surface area contributed by atoms with E-state index in [9.17, 15) is 0 Å². The van der Waals surface area contributed by atoms with Gasteiger partial charge in [0.25, 0.3) is 0 Å². The number of pyridine rings is 1. The fraction of sp³-hybridized carbons (Fsp3) is 0. The second kappa shape index (κ2) is 5.37. The van der Waals surface area contributed by atoms with Gasteiger partial charge in [-0.15, -0.1) is 0 Å². The average Bonchev–Trinajstić information content (AvgIpc) is 2.49. The molecule has 1 nitrogen and oxygen atoms in total. The zero-order valence-electron chi connectivity index (χ0n) is 10.3. The van der Waals surface area contributed by atoms with E-state index in [1.165, 1.54) is 11.1 Å². The molecule has 19 heavy (non-hydrogen) atoms. The predicted octanol–water partition coefficient (Wildman–Crippen LogP) is 5.18. The molecule has 92 valence electrons. The van der Waals surface area contributed by atoms with Crippen molar-refractivity contribution in [1.82, 2.24) is 4.98 Å². The van der Waals surface area contributed by atoms with Crippen molar-refractivity contribution >= 4 is 15.9 Å². The maximum atomic E-state index is 4.37. The van der Waals surface area contributed by atoms with Gasteiger partial charge < -0.3 is 0 Å². The number of hydrogen-bond acceptors (Lipinski definition) is 1. The summed E-state index contributed by atoms with van der Waals surface area (Å²) in [6.07, 6.45) is 3.79. The summed E-state index contributed by atoms with van der Waals surface area (Å²) in [5, 5.41) is 0. The summed E-state index contributed by atoms with van der Waals surface area (Å²) in [5.74, 6) is 0. The second-order valence-electron chi connectivity index (χ2n) is 4.28. The number of halogens is 1. The predicted molar refractivity (Wildman–Crippen MR) is 82.8 cm³/mol. The first kappa shape index (κ1) is 12.1. The lowest BCUT2D eigenvalue weighted by atomic mass is 10.0. The van der Waals surface area contributed by atoms with E-state index in [1.54, 1.807) is 0 Å². The van der Waals surface area contributed by atoms with Crippen LogP contribution in [-0.4, -0.2) is 4.98 Å². The van der Waals surface area contributed by atoms with Crippen molar-refractivity contribution in [2.75, 3.05) is 0 Å². The van der Waals surface area contributed by atoms with Crippen molar-refractivity contribution in [3.63, 3.8) is 0 Å². The molecule has 0 aliphatic carbocycles. The molecule has 0 saturated heterocycles.